The van der Waals surface area contributed by atoms with E-state index in [0.29, 0.717) is 34.3 Å². The Morgan fingerprint density at radius 2 is 1.94 bits per heavy atom. The van der Waals surface area contributed by atoms with Gasteiger partial charge in [0.25, 0.3) is 5.91 Å². The number of fused-ring (bicyclic) bond motifs is 1. The molecule has 9 nitrogen and oxygen atoms in total. The lowest BCUT2D eigenvalue weighted by atomic mass is 10.1. The minimum atomic E-state index is -0.382. The maximum atomic E-state index is 12.7. The monoisotopic (exact) mass is 450 g/mol. The van der Waals surface area contributed by atoms with Crippen LogP contribution in [0.2, 0.25) is 0 Å². The Kier molecular flexibility index (Phi) is 6.58. The van der Waals surface area contributed by atoms with Gasteiger partial charge in [0.1, 0.15) is 29.6 Å². The summed E-state index contributed by atoms with van der Waals surface area (Å²) in [5, 5.41) is 2.70. The lowest BCUT2D eigenvalue weighted by Gasteiger charge is -2.29. The Balaban J connectivity index is 1.44. The van der Waals surface area contributed by atoms with Crippen LogP contribution >= 0.6 is 0 Å². The van der Waals surface area contributed by atoms with Crippen molar-refractivity contribution in [2.24, 2.45) is 0 Å². The molecule has 170 valence electrons. The molecule has 0 saturated heterocycles. The lowest BCUT2D eigenvalue weighted by Crippen LogP contribution is -2.45. The average Bonchev–Trinajstić information content (AvgIpc) is 3.36. The van der Waals surface area contributed by atoms with Gasteiger partial charge in [0.05, 0.1) is 25.6 Å². The third-order valence-corrected chi connectivity index (χ3v) is 4.98. The van der Waals surface area contributed by atoms with Crippen molar-refractivity contribution in [3.8, 4) is 17.2 Å². The molecule has 4 rings (SSSR count). The standard InChI is InChI=1S/C24H22N2O7/c1-30-17-4-2-5-18(11-17)32-14-21(27)16-7-8-22-20(10-16)26(24(29)15-33-22)13-23(28)25-12-19-6-3-9-31-19/h2-11H,12-15H2,1H3,(H,25,28). The van der Waals surface area contributed by atoms with Gasteiger partial charge in [-0.2, -0.15) is 0 Å². The molecule has 0 radical (unpaired) electrons. The topological polar surface area (TPSA) is 107 Å². The maximum absolute atomic E-state index is 12.7. The van der Waals surface area contributed by atoms with Gasteiger partial charge in [0.2, 0.25) is 5.91 Å². The average molecular weight is 450 g/mol. The summed E-state index contributed by atoms with van der Waals surface area (Å²) in [6.07, 6.45) is 1.51. The minimum Gasteiger partial charge on any atom is -0.497 e. The Hall–Kier alpha value is -4.27. The number of nitrogens with zero attached hydrogens (tertiary/aromatic N) is 1. The van der Waals surface area contributed by atoms with Gasteiger partial charge >= 0.3 is 0 Å². The van der Waals surface area contributed by atoms with E-state index < -0.39 is 0 Å². The van der Waals surface area contributed by atoms with Gasteiger partial charge in [-0.1, -0.05) is 6.07 Å². The molecule has 1 aliphatic heterocycles. The fourth-order valence-electron chi connectivity index (χ4n) is 3.27. The molecule has 0 aliphatic carbocycles. The van der Waals surface area contributed by atoms with Gasteiger partial charge in [-0.25, -0.2) is 0 Å². The van der Waals surface area contributed by atoms with Crippen LogP contribution in [0.5, 0.6) is 17.2 Å². The summed E-state index contributed by atoms with van der Waals surface area (Å²) in [5.41, 5.74) is 0.683. The fourth-order valence-corrected chi connectivity index (χ4v) is 3.27. The number of carbonyl (C=O) groups excluding carboxylic acids is 3. The van der Waals surface area contributed by atoms with Crippen molar-refractivity contribution in [1.82, 2.24) is 5.32 Å². The van der Waals surface area contributed by atoms with Crippen LogP contribution in [0.3, 0.4) is 0 Å². The highest BCUT2D eigenvalue weighted by Crippen LogP contribution is 2.33. The number of Topliss-reactive ketones (excluding diaryl/α,β-unsaturated/α-hetero) is 1. The van der Waals surface area contributed by atoms with E-state index in [-0.39, 0.29) is 43.9 Å². The molecule has 0 spiro atoms. The molecule has 2 aromatic carbocycles. The van der Waals surface area contributed by atoms with Crippen LogP contribution in [0.15, 0.2) is 65.3 Å². The van der Waals surface area contributed by atoms with Gasteiger partial charge < -0.3 is 23.9 Å². The van der Waals surface area contributed by atoms with E-state index in [0.717, 1.165) is 0 Å². The van der Waals surface area contributed by atoms with Gasteiger partial charge in [0.15, 0.2) is 19.0 Å². The summed E-state index contributed by atoms with van der Waals surface area (Å²) in [5.74, 6) is 1.08. The number of furan rings is 1. The number of hydrogen-bond donors (Lipinski definition) is 1. The number of rotatable bonds is 9. The predicted molar refractivity (Wildman–Crippen MR) is 118 cm³/mol. The lowest BCUT2D eigenvalue weighted by molar-refractivity contribution is -0.125. The Morgan fingerprint density at radius 1 is 1.09 bits per heavy atom. The van der Waals surface area contributed by atoms with Crippen LogP contribution in [-0.4, -0.2) is 44.5 Å². The van der Waals surface area contributed by atoms with Gasteiger partial charge in [-0.3, -0.25) is 19.3 Å². The van der Waals surface area contributed by atoms with Crippen molar-refractivity contribution in [3.05, 3.63) is 72.2 Å². The Labute approximate surface area is 189 Å². The Bertz CT molecular complexity index is 1160. The van der Waals surface area contributed by atoms with Crippen molar-refractivity contribution in [2.75, 3.05) is 31.8 Å². The van der Waals surface area contributed by atoms with Crippen LogP contribution in [0, 0.1) is 0 Å². The van der Waals surface area contributed by atoms with Crippen molar-refractivity contribution < 1.29 is 33.0 Å². The maximum Gasteiger partial charge on any atom is 0.265 e. The molecule has 0 saturated carbocycles. The first-order valence-electron chi connectivity index (χ1n) is 10.2. The van der Waals surface area contributed by atoms with E-state index >= 15 is 0 Å². The van der Waals surface area contributed by atoms with Crippen LogP contribution in [0.4, 0.5) is 5.69 Å². The van der Waals surface area contributed by atoms with E-state index in [9.17, 15) is 14.4 Å². The third kappa shape index (κ3) is 5.32. The highest BCUT2D eigenvalue weighted by Gasteiger charge is 2.28. The van der Waals surface area contributed by atoms with Crippen LogP contribution < -0.4 is 24.4 Å². The first-order valence-corrected chi connectivity index (χ1v) is 10.2. The van der Waals surface area contributed by atoms with Gasteiger partial charge in [-0.05, 0) is 42.5 Å². The number of hydrogen-bond acceptors (Lipinski definition) is 7. The summed E-state index contributed by atoms with van der Waals surface area (Å²) < 4.78 is 21.4. The number of ether oxygens (including phenoxy) is 3. The summed E-state index contributed by atoms with van der Waals surface area (Å²) in [4.78, 5) is 38.9. The van der Waals surface area contributed by atoms with Gasteiger partial charge in [0, 0.05) is 11.6 Å². The van der Waals surface area contributed by atoms with Crippen molar-refractivity contribution in [2.45, 2.75) is 6.54 Å². The first-order chi connectivity index (χ1) is 16.0. The number of carbonyl (C=O) groups is 3. The molecule has 3 aromatic rings. The third-order valence-electron chi connectivity index (χ3n) is 4.98. The number of nitrogens with one attached hydrogen (secondary N) is 1. The van der Waals surface area contributed by atoms with E-state index in [2.05, 4.69) is 5.32 Å². The molecular weight excluding hydrogens is 428 g/mol. The van der Waals surface area contributed by atoms with E-state index in [1.165, 1.54) is 17.2 Å². The molecule has 2 amide bonds. The highest BCUT2D eigenvalue weighted by molar-refractivity contribution is 6.04. The second-order valence-electron chi connectivity index (χ2n) is 7.20. The quantitative estimate of drug-likeness (QED) is 0.499. The SMILES string of the molecule is COc1cccc(OCC(=O)c2ccc3c(c2)N(CC(=O)NCc2ccco2)C(=O)CO3)c1. The first kappa shape index (κ1) is 21.9. The molecule has 2 heterocycles. The van der Waals surface area contributed by atoms with Crippen LogP contribution in [0.25, 0.3) is 0 Å². The second kappa shape index (κ2) is 9.90. The molecule has 1 aromatic heterocycles. The zero-order valence-corrected chi connectivity index (χ0v) is 17.9. The molecule has 0 fully saturated rings. The summed E-state index contributed by atoms with van der Waals surface area (Å²) in [6.45, 7) is -0.402. The number of methoxy groups -OCH3 is 1. The van der Waals surface area contributed by atoms with Crippen LogP contribution in [-0.2, 0) is 16.1 Å². The molecule has 0 atom stereocenters. The number of benzene rings is 2. The molecular formula is C24H22N2O7. The van der Waals surface area contributed by atoms with Crippen LogP contribution in [0.1, 0.15) is 16.1 Å². The molecule has 0 bridgehead atoms. The van der Waals surface area contributed by atoms with Gasteiger partial charge in [-0.15, -0.1) is 0 Å². The van der Waals surface area contributed by atoms with E-state index in [1.54, 1.807) is 55.6 Å². The highest BCUT2D eigenvalue weighted by atomic mass is 16.5. The van der Waals surface area contributed by atoms with E-state index in [1.807, 2.05) is 0 Å². The number of amides is 2. The summed E-state index contributed by atoms with van der Waals surface area (Å²) >= 11 is 0. The minimum absolute atomic E-state index is 0.190. The van der Waals surface area contributed by atoms with E-state index in [4.69, 9.17) is 18.6 Å². The van der Waals surface area contributed by atoms with Crippen molar-refractivity contribution in [1.29, 1.82) is 0 Å². The number of ketones is 1. The number of anilines is 1. The zero-order chi connectivity index (χ0) is 23.2. The predicted octanol–water partition coefficient (Wildman–Crippen LogP) is 2.59. The molecule has 33 heavy (non-hydrogen) atoms. The van der Waals surface area contributed by atoms with Crippen molar-refractivity contribution in [3.63, 3.8) is 0 Å². The zero-order valence-electron chi connectivity index (χ0n) is 17.9. The fraction of sp³-hybridized carbons (Fsp3) is 0.208. The molecule has 1 N–H and O–H groups in total. The molecule has 0 unspecified atom stereocenters. The second-order valence-corrected chi connectivity index (χ2v) is 7.20. The van der Waals surface area contributed by atoms with Crippen molar-refractivity contribution >= 4 is 23.3 Å². The Morgan fingerprint density at radius 3 is 2.73 bits per heavy atom. The molecule has 1 aliphatic rings. The molecule has 9 heteroatoms. The summed E-state index contributed by atoms with van der Waals surface area (Å²) in [7, 11) is 1.55. The summed E-state index contributed by atoms with van der Waals surface area (Å²) in [6, 6.07) is 15.1. The normalized spacial score (nSPS) is 12.5. The smallest absolute Gasteiger partial charge is 0.265 e. The largest absolute Gasteiger partial charge is 0.497 e.